The highest BCUT2D eigenvalue weighted by Crippen LogP contribution is 2.38. The van der Waals surface area contributed by atoms with Crippen molar-refractivity contribution in [3.8, 4) is 5.75 Å². The predicted octanol–water partition coefficient (Wildman–Crippen LogP) is 0.572. The number of carbonyl (C=O) groups is 1. The van der Waals surface area contributed by atoms with Gasteiger partial charge in [-0.15, -0.1) is 0 Å². The second kappa shape index (κ2) is 3.67. The van der Waals surface area contributed by atoms with E-state index in [2.05, 4.69) is 14.8 Å². The van der Waals surface area contributed by atoms with Crippen LogP contribution in [0.4, 0.5) is 16.5 Å². The molecule has 0 unspecified atom stereocenters. The first-order valence-corrected chi connectivity index (χ1v) is 5.53. The van der Waals surface area contributed by atoms with E-state index in [0.717, 1.165) is 11.5 Å². The van der Waals surface area contributed by atoms with E-state index in [1.807, 2.05) is 0 Å². The summed E-state index contributed by atoms with van der Waals surface area (Å²) in [5.74, 6) is 0.371. The molecule has 0 bridgehead atoms. The Balaban J connectivity index is 2.16. The molecule has 1 aliphatic rings. The second-order valence-electron chi connectivity index (χ2n) is 3.39. The first-order valence-electron chi connectivity index (χ1n) is 4.76. The van der Waals surface area contributed by atoms with Crippen molar-refractivity contribution in [3.05, 3.63) is 18.2 Å². The minimum atomic E-state index is -0.221. The zero-order valence-corrected chi connectivity index (χ0v) is 9.35. The minimum absolute atomic E-state index is 0.0313. The fourth-order valence-corrected chi connectivity index (χ4v) is 2.10. The van der Waals surface area contributed by atoms with Crippen LogP contribution in [0.5, 0.6) is 5.75 Å². The second-order valence-corrected chi connectivity index (χ2v) is 4.10. The summed E-state index contributed by atoms with van der Waals surface area (Å²) in [5, 5.41) is 7.67. The number of rotatable bonds is 1. The fraction of sp³-hybridized carbons (Fsp3) is 0.111. The van der Waals surface area contributed by atoms with Crippen LogP contribution in [-0.4, -0.2) is 27.3 Å². The van der Waals surface area contributed by atoms with Crippen molar-refractivity contribution in [2.24, 2.45) is 0 Å². The molecule has 1 aromatic carbocycles. The molecule has 0 saturated carbocycles. The van der Waals surface area contributed by atoms with Gasteiger partial charge >= 0.3 is 0 Å². The zero-order chi connectivity index (χ0) is 11.8. The van der Waals surface area contributed by atoms with E-state index in [-0.39, 0.29) is 12.5 Å². The molecule has 17 heavy (non-hydrogen) atoms. The van der Waals surface area contributed by atoms with E-state index in [1.165, 1.54) is 4.90 Å². The number of aromatic nitrogens is 3. The number of nitrogens with zero attached hydrogens (tertiary/aromatic N) is 4. The topological polar surface area (TPSA) is 94.2 Å². The Kier molecular flexibility index (Phi) is 2.15. The van der Waals surface area contributed by atoms with Crippen molar-refractivity contribution in [1.82, 2.24) is 14.8 Å². The number of fused-ring (bicyclic) bond motifs is 1. The van der Waals surface area contributed by atoms with E-state index in [0.29, 0.717) is 22.3 Å². The number of carbonyl (C=O) groups excluding carboxylic acids is 1. The molecule has 1 aromatic heterocycles. The SMILES string of the molecule is Nc1ccc2c(c1)N(c1nnns1)C(=O)CO2. The molecule has 0 fully saturated rings. The number of hydrogen-bond donors (Lipinski definition) is 1. The van der Waals surface area contributed by atoms with E-state index >= 15 is 0 Å². The van der Waals surface area contributed by atoms with E-state index in [1.54, 1.807) is 18.2 Å². The molecule has 86 valence electrons. The Bertz CT molecular complexity index is 571. The molecule has 0 saturated heterocycles. The van der Waals surface area contributed by atoms with E-state index in [9.17, 15) is 4.79 Å². The molecule has 7 nitrogen and oxygen atoms in total. The van der Waals surface area contributed by atoms with Gasteiger partial charge in [0.15, 0.2) is 6.61 Å². The van der Waals surface area contributed by atoms with Crippen LogP contribution in [-0.2, 0) is 4.79 Å². The van der Waals surface area contributed by atoms with Crippen molar-refractivity contribution in [2.75, 3.05) is 17.2 Å². The van der Waals surface area contributed by atoms with Crippen LogP contribution in [0.2, 0.25) is 0 Å². The number of hydrogen-bond acceptors (Lipinski definition) is 7. The maximum atomic E-state index is 11.8. The summed E-state index contributed by atoms with van der Waals surface area (Å²) in [6.45, 7) is -0.0313. The summed E-state index contributed by atoms with van der Waals surface area (Å²) in [5.41, 5.74) is 6.82. The third-order valence-electron chi connectivity index (χ3n) is 2.30. The quantitative estimate of drug-likeness (QED) is 0.742. The van der Waals surface area contributed by atoms with Crippen molar-refractivity contribution < 1.29 is 9.53 Å². The van der Waals surface area contributed by atoms with Crippen LogP contribution >= 0.6 is 11.5 Å². The van der Waals surface area contributed by atoms with Crippen LogP contribution in [0.3, 0.4) is 0 Å². The molecule has 1 aliphatic heterocycles. The number of ether oxygens (including phenoxy) is 1. The molecule has 2 aromatic rings. The Morgan fingerprint density at radius 2 is 2.35 bits per heavy atom. The van der Waals surface area contributed by atoms with Crippen LogP contribution in [0, 0.1) is 0 Å². The molecule has 2 N–H and O–H groups in total. The molecule has 0 aliphatic carbocycles. The molecular formula is C9H7N5O2S. The number of anilines is 3. The summed E-state index contributed by atoms with van der Waals surface area (Å²) in [6.07, 6.45) is 0. The Morgan fingerprint density at radius 3 is 3.12 bits per heavy atom. The lowest BCUT2D eigenvalue weighted by molar-refractivity contribution is -0.120. The van der Waals surface area contributed by atoms with Crippen molar-refractivity contribution in [3.63, 3.8) is 0 Å². The highest BCUT2D eigenvalue weighted by atomic mass is 32.1. The lowest BCUT2D eigenvalue weighted by Gasteiger charge is -2.26. The Morgan fingerprint density at radius 1 is 1.47 bits per heavy atom. The number of benzene rings is 1. The highest BCUT2D eigenvalue weighted by molar-refractivity contribution is 7.09. The van der Waals surface area contributed by atoms with Crippen LogP contribution < -0.4 is 15.4 Å². The Labute approximate surface area is 100.0 Å². The van der Waals surface area contributed by atoms with Gasteiger partial charge in [-0.05, 0) is 23.4 Å². The average molecular weight is 249 g/mol. The normalized spacial score (nSPS) is 14.4. The maximum Gasteiger partial charge on any atom is 0.271 e. The van der Waals surface area contributed by atoms with Gasteiger partial charge in [-0.3, -0.25) is 4.79 Å². The van der Waals surface area contributed by atoms with Crippen molar-refractivity contribution in [2.45, 2.75) is 0 Å². The molecule has 0 atom stereocenters. The summed E-state index contributed by atoms with van der Waals surface area (Å²) < 4.78 is 8.95. The number of nitrogen functional groups attached to an aromatic ring is 1. The van der Waals surface area contributed by atoms with E-state index in [4.69, 9.17) is 10.5 Å². The molecule has 0 radical (unpaired) electrons. The average Bonchev–Trinajstić information content (AvgIpc) is 2.82. The third-order valence-corrected chi connectivity index (χ3v) is 2.89. The minimum Gasteiger partial charge on any atom is -0.482 e. The molecule has 0 spiro atoms. The van der Waals surface area contributed by atoms with Gasteiger partial charge in [0.05, 0.1) is 5.69 Å². The Hall–Kier alpha value is -2.22. The van der Waals surface area contributed by atoms with Crippen molar-refractivity contribution >= 4 is 33.9 Å². The van der Waals surface area contributed by atoms with Crippen LogP contribution in [0.15, 0.2) is 18.2 Å². The van der Waals surface area contributed by atoms with Gasteiger partial charge in [0.2, 0.25) is 5.13 Å². The smallest absolute Gasteiger partial charge is 0.271 e. The number of amides is 1. The lowest BCUT2D eigenvalue weighted by Crippen LogP contribution is -2.35. The van der Waals surface area contributed by atoms with Gasteiger partial charge in [0.1, 0.15) is 5.75 Å². The molecular weight excluding hydrogens is 242 g/mol. The fourth-order valence-electron chi connectivity index (χ4n) is 1.59. The molecule has 8 heteroatoms. The largest absolute Gasteiger partial charge is 0.482 e. The van der Waals surface area contributed by atoms with Gasteiger partial charge < -0.3 is 10.5 Å². The summed E-state index contributed by atoms with van der Waals surface area (Å²) in [6, 6.07) is 5.09. The summed E-state index contributed by atoms with van der Waals surface area (Å²) in [7, 11) is 0. The lowest BCUT2D eigenvalue weighted by atomic mass is 10.2. The number of nitrogens with two attached hydrogens (primary N) is 1. The zero-order valence-electron chi connectivity index (χ0n) is 8.53. The first kappa shape index (κ1) is 9.97. The summed E-state index contributed by atoms with van der Waals surface area (Å²) >= 11 is 1.04. The summed E-state index contributed by atoms with van der Waals surface area (Å²) in [4.78, 5) is 13.3. The van der Waals surface area contributed by atoms with Crippen LogP contribution in [0.25, 0.3) is 0 Å². The van der Waals surface area contributed by atoms with Gasteiger partial charge in [0, 0.05) is 17.2 Å². The predicted molar refractivity (Wildman–Crippen MR) is 61.2 cm³/mol. The first-order chi connectivity index (χ1) is 8.25. The van der Waals surface area contributed by atoms with Gasteiger partial charge in [-0.25, -0.2) is 4.90 Å². The monoisotopic (exact) mass is 249 g/mol. The van der Waals surface area contributed by atoms with Crippen molar-refractivity contribution in [1.29, 1.82) is 0 Å². The van der Waals surface area contributed by atoms with E-state index < -0.39 is 0 Å². The van der Waals surface area contributed by atoms with Gasteiger partial charge in [0.25, 0.3) is 5.91 Å². The molecule has 2 heterocycles. The van der Waals surface area contributed by atoms with Gasteiger partial charge in [-0.1, -0.05) is 9.59 Å². The third kappa shape index (κ3) is 1.58. The van der Waals surface area contributed by atoms with Gasteiger partial charge in [-0.2, -0.15) is 0 Å². The molecule has 3 rings (SSSR count). The van der Waals surface area contributed by atoms with Crippen LogP contribution in [0.1, 0.15) is 0 Å². The molecule has 1 amide bonds. The standard InChI is InChI=1S/C9H7N5O2S/c10-5-1-2-7-6(3-5)14(8(15)4-16-7)9-11-12-13-17-9/h1-3H,4,10H2. The highest BCUT2D eigenvalue weighted by Gasteiger charge is 2.29. The maximum absolute atomic E-state index is 11.8.